The molecule has 6 N–H and O–H groups in total. The van der Waals surface area contributed by atoms with Crippen LogP contribution in [0.4, 0.5) is 0 Å². The minimum Gasteiger partial charge on any atom is -0.480 e. The van der Waals surface area contributed by atoms with E-state index < -0.39 is 35.7 Å². The minimum atomic E-state index is -1.41. The van der Waals surface area contributed by atoms with Gasteiger partial charge in [-0.15, -0.1) is 5.10 Å². The molecule has 0 aliphatic carbocycles. The van der Waals surface area contributed by atoms with Gasteiger partial charge in [-0.1, -0.05) is 92.2 Å². The highest BCUT2D eigenvalue weighted by Gasteiger charge is 2.30. The first-order valence-electron chi connectivity index (χ1n) is 16.5. The lowest BCUT2D eigenvalue weighted by molar-refractivity contribution is -0.146. The maximum absolute atomic E-state index is 13.4. The number of benzene rings is 3. The summed E-state index contributed by atoms with van der Waals surface area (Å²) in [5.74, 6) is -3.69. The van der Waals surface area contributed by atoms with Crippen molar-refractivity contribution in [3.05, 3.63) is 108 Å². The second kappa shape index (κ2) is 17.4. The summed E-state index contributed by atoms with van der Waals surface area (Å²) in [5.41, 5.74) is 6.15. The number of aryl methyl sites for hydroxylation is 1. The second-order valence-corrected chi connectivity index (χ2v) is 11.9. The number of carbonyl (C=O) groups is 4. The van der Waals surface area contributed by atoms with Gasteiger partial charge in [-0.2, -0.15) is 0 Å². The molecular weight excluding hydrogens is 654 g/mol. The number of H-pyrrole nitrogens is 1. The van der Waals surface area contributed by atoms with Crippen LogP contribution in [-0.2, 0) is 33.8 Å². The molecule has 2 aromatic heterocycles. The van der Waals surface area contributed by atoms with E-state index in [1.165, 1.54) is 11.7 Å². The average Bonchev–Trinajstić information content (AvgIpc) is 3.83. The lowest BCUT2D eigenvalue weighted by Crippen LogP contribution is -2.49. The molecule has 2 atom stereocenters. The van der Waals surface area contributed by atoms with Gasteiger partial charge >= 0.3 is 5.97 Å². The van der Waals surface area contributed by atoms with Crippen molar-refractivity contribution in [2.24, 2.45) is 5.92 Å². The molecule has 0 saturated heterocycles. The van der Waals surface area contributed by atoms with Crippen LogP contribution in [0.15, 0.2) is 85.1 Å². The number of hydrogen-bond acceptors (Lipinski definition) is 9. The summed E-state index contributed by atoms with van der Waals surface area (Å²) in [5, 5.41) is 38.4. The lowest BCUT2D eigenvalue weighted by Gasteiger charge is -2.19. The topological polar surface area (TPSA) is 217 Å². The van der Waals surface area contributed by atoms with Gasteiger partial charge in [0.2, 0.25) is 5.91 Å². The van der Waals surface area contributed by atoms with Crippen molar-refractivity contribution in [3.8, 4) is 22.5 Å². The van der Waals surface area contributed by atoms with Gasteiger partial charge in [0.05, 0.1) is 6.20 Å². The number of carboxylic acid groups (broad SMARTS) is 1. The number of aromatic amines is 1. The number of nitrogens with one attached hydrogen (secondary N) is 4. The Morgan fingerprint density at radius 2 is 1.63 bits per heavy atom. The Hall–Kier alpha value is -6.22. The van der Waals surface area contributed by atoms with Gasteiger partial charge in [-0.25, -0.2) is 20.4 Å². The van der Waals surface area contributed by atoms with Crippen molar-refractivity contribution in [1.29, 1.82) is 0 Å². The molecule has 5 aromatic rings. The van der Waals surface area contributed by atoms with E-state index in [1.807, 2.05) is 53.1 Å². The molecule has 0 aliphatic heterocycles. The lowest BCUT2D eigenvalue weighted by atomic mass is 9.97. The molecule has 3 amide bonds. The van der Waals surface area contributed by atoms with Crippen LogP contribution in [0.5, 0.6) is 0 Å². The van der Waals surface area contributed by atoms with E-state index in [0.717, 1.165) is 40.9 Å². The van der Waals surface area contributed by atoms with Gasteiger partial charge in [0, 0.05) is 25.1 Å². The molecule has 0 fully saturated rings. The van der Waals surface area contributed by atoms with Crippen molar-refractivity contribution < 1.29 is 29.5 Å². The number of tetrazole rings is 1. The molecule has 15 heteroatoms. The molecule has 0 radical (unpaired) electrons. The van der Waals surface area contributed by atoms with Crippen LogP contribution >= 0.6 is 0 Å². The molecule has 264 valence electrons. The maximum Gasteiger partial charge on any atom is 0.326 e. The summed E-state index contributed by atoms with van der Waals surface area (Å²) in [6, 6.07) is 23.0. The van der Waals surface area contributed by atoms with Crippen molar-refractivity contribution in [3.63, 3.8) is 0 Å². The molecule has 0 saturated carbocycles. The summed E-state index contributed by atoms with van der Waals surface area (Å²) >= 11 is 0. The van der Waals surface area contributed by atoms with Gasteiger partial charge < -0.3 is 20.3 Å². The van der Waals surface area contributed by atoms with Crippen molar-refractivity contribution in [1.82, 2.24) is 46.3 Å². The van der Waals surface area contributed by atoms with E-state index in [2.05, 4.69) is 43.2 Å². The van der Waals surface area contributed by atoms with Gasteiger partial charge in [-0.05, 0) is 51.9 Å². The number of imidazole rings is 1. The number of carbonyl (C=O) groups excluding carboxylic acids is 3. The van der Waals surface area contributed by atoms with Crippen LogP contribution in [0.25, 0.3) is 22.5 Å². The third kappa shape index (κ3) is 9.27. The molecule has 0 aliphatic rings. The number of nitrogens with zero attached hydrogens (tertiary/aromatic N) is 5. The third-order valence-electron chi connectivity index (χ3n) is 8.42. The Kier molecular flexibility index (Phi) is 12.3. The van der Waals surface area contributed by atoms with E-state index in [1.54, 1.807) is 30.3 Å². The van der Waals surface area contributed by atoms with Crippen LogP contribution in [0.3, 0.4) is 0 Å². The average molecular weight is 694 g/mol. The van der Waals surface area contributed by atoms with Crippen LogP contribution in [0.2, 0.25) is 0 Å². The smallest absolute Gasteiger partial charge is 0.326 e. The van der Waals surface area contributed by atoms with Crippen LogP contribution in [-0.4, -0.2) is 76.8 Å². The Labute approximate surface area is 293 Å². The molecule has 5 rings (SSSR count). The summed E-state index contributed by atoms with van der Waals surface area (Å²) < 4.78 is 1.85. The molecule has 15 nitrogen and oxygen atoms in total. The predicted molar refractivity (Wildman–Crippen MR) is 185 cm³/mol. The van der Waals surface area contributed by atoms with Crippen molar-refractivity contribution in [2.75, 3.05) is 6.54 Å². The predicted octanol–water partition coefficient (Wildman–Crippen LogP) is 3.17. The van der Waals surface area contributed by atoms with Gasteiger partial charge in [-0.3, -0.25) is 19.6 Å². The first kappa shape index (κ1) is 36.1. The zero-order valence-corrected chi connectivity index (χ0v) is 28.0. The number of aliphatic carboxylic acids is 1. The SMILES string of the molecule is CCCCc1ncc(C(=O)NCC[C@H](NC(=O)C(Cc2ccccc2)C(=O)NO)C(=O)O)n1Cc1ccc(-c2ccccc2-c2nnn[nH]2)cc1. The van der Waals surface area contributed by atoms with Crippen LogP contribution < -0.4 is 16.1 Å². The zero-order valence-electron chi connectivity index (χ0n) is 28.0. The molecule has 0 bridgehead atoms. The Morgan fingerprint density at radius 3 is 2.29 bits per heavy atom. The van der Waals surface area contributed by atoms with Gasteiger partial charge in [0.25, 0.3) is 11.8 Å². The van der Waals surface area contributed by atoms with E-state index in [0.29, 0.717) is 30.0 Å². The molecular formula is C36H39N9O6. The number of aromatic nitrogens is 6. The third-order valence-corrected chi connectivity index (χ3v) is 8.42. The van der Waals surface area contributed by atoms with Gasteiger partial charge in [0.1, 0.15) is 23.5 Å². The van der Waals surface area contributed by atoms with E-state index in [9.17, 15) is 29.5 Å². The molecule has 51 heavy (non-hydrogen) atoms. The number of hydrogen-bond donors (Lipinski definition) is 6. The molecule has 3 aromatic carbocycles. The Morgan fingerprint density at radius 1 is 0.902 bits per heavy atom. The highest BCUT2D eigenvalue weighted by molar-refractivity contribution is 6.01. The second-order valence-electron chi connectivity index (χ2n) is 11.9. The normalized spacial score (nSPS) is 12.1. The standard InChI is InChI=1S/C36H39N9O6/c1-2-3-13-31-38-21-30(45(31)22-24-14-16-25(17-15-24)26-11-7-8-12-27(26)32-40-43-44-41-32)35(48)37-19-18-29(36(49)50)39-33(46)28(34(47)42-51)20-23-9-5-4-6-10-23/h4-12,14-17,21,28-29,51H,2-3,13,18-20,22H2,1H3,(H,37,48)(H,39,46)(H,42,47)(H,49,50)(H,40,41,43,44)/t28?,29-/m0/s1. The van der Waals surface area contributed by atoms with Crippen molar-refractivity contribution in [2.45, 2.75) is 51.6 Å². The Bertz CT molecular complexity index is 1930. The monoisotopic (exact) mass is 693 g/mol. The summed E-state index contributed by atoms with van der Waals surface area (Å²) in [7, 11) is 0. The fourth-order valence-electron chi connectivity index (χ4n) is 5.68. The maximum atomic E-state index is 13.4. The van der Waals surface area contributed by atoms with Crippen molar-refractivity contribution >= 4 is 23.7 Å². The molecule has 1 unspecified atom stereocenters. The fraction of sp³-hybridized carbons (Fsp3) is 0.278. The number of carboxylic acids is 1. The summed E-state index contributed by atoms with van der Waals surface area (Å²) in [4.78, 5) is 55.3. The summed E-state index contributed by atoms with van der Waals surface area (Å²) in [6.07, 6.45) is 3.79. The molecule has 2 heterocycles. The number of hydroxylamine groups is 1. The van der Waals surface area contributed by atoms with E-state index in [4.69, 9.17) is 0 Å². The first-order chi connectivity index (χ1) is 24.8. The quantitative estimate of drug-likeness (QED) is 0.0475. The van der Waals surface area contributed by atoms with Gasteiger partial charge in [0.15, 0.2) is 5.82 Å². The molecule has 0 spiro atoms. The minimum absolute atomic E-state index is 0.0527. The highest BCUT2D eigenvalue weighted by Crippen LogP contribution is 2.30. The van der Waals surface area contributed by atoms with E-state index >= 15 is 0 Å². The highest BCUT2D eigenvalue weighted by atomic mass is 16.5. The number of amides is 3. The van der Waals surface area contributed by atoms with E-state index in [-0.39, 0.29) is 19.4 Å². The number of rotatable bonds is 17. The Balaban J connectivity index is 1.25. The first-order valence-corrected chi connectivity index (χ1v) is 16.5. The van der Waals surface area contributed by atoms with Crippen LogP contribution in [0.1, 0.15) is 53.6 Å². The van der Waals surface area contributed by atoms with Crippen LogP contribution in [0, 0.1) is 5.92 Å². The number of unbranched alkanes of at least 4 members (excludes halogenated alkanes) is 1. The summed E-state index contributed by atoms with van der Waals surface area (Å²) in [6.45, 7) is 2.36. The largest absolute Gasteiger partial charge is 0.480 e. The zero-order chi connectivity index (χ0) is 36.2. The fourth-order valence-corrected chi connectivity index (χ4v) is 5.68.